The first kappa shape index (κ1) is 10.6. The monoisotopic (exact) mass is 307 g/mol. The summed E-state index contributed by atoms with van der Waals surface area (Å²) in [7, 11) is 0. The van der Waals surface area contributed by atoms with Crippen LogP contribution in [0.2, 0.25) is 0 Å². The Hall–Kier alpha value is -0.510. The Kier molecular flexibility index (Phi) is 3.36. The van der Waals surface area contributed by atoms with Crippen molar-refractivity contribution < 1.29 is 9.18 Å². The van der Waals surface area contributed by atoms with Gasteiger partial charge in [-0.2, -0.15) is 4.99 Å². The number of nitrogens with zero attached hydrogens (tertiary/aromatic N) is 1. The van der Waals surface area contributed by atoms with E-state index in [1.807, 2.05) is 0 Å². The van der Waals surface area contributed by atoms with Crippen LogP contribution in [-0.2, 0) is 4.79 Å². The van der Waals surface area contributed by atoms with Gasteiger partial charge in [0.15, 0.2) is 0 Å². The zero-order valence-electron chi connectivity index (χ0n) is 6.57. The number of rotatable bonds is 1. The molecule has 0 saturated heterocycles. The number of hydrogen-bond acceptors (Lipinski definition) is 2. The number of hydrogen-bond donors (Lipinski definition) is 0. The van der Waals surface area contributed by atoms with Crippen LogP contribution in [0.1, 0.15) is 5.56 Å². The van der Waals surface area contributed by atoms with Crippen LogP contribution in [0.4, 0.5) is 10.1 Å². The Morgan fingerprint density at radius 1 is 1.54 bits per heavy atom. The lowest BCUT2D eigenvalue weighted by molar-refractivity contribution is 0.565. The van der Waals surface area contributed by atoms with Crippen LogP contribution in [0.3, 0.4) is 0 Å². The normalized spacial score (nSPS) is 9.54. The summed E-state index contributed by atoms with van der Waals surface area (Å²) >= 11 is 6.23. The average Bonchev–Trinajstić information content (AvgIpc) is 2.09. The minimum absolute atomic E-state index is 0.355. The topological polar surface area (TPSA) is 29.4 Å². The first-order valence-electron chi connectivity index (χ1n) is 3.30. The van der Waals surface area contributed by atoms with E-state index < -0.39 is 0 Å². The Morgan fingerprint density at radius 3 is 2.69 bits per heavy atom. The molecule has 1 aromatic carbocycles. The molecule has 0 atom stereocenters. The summed E-state index contributed by atoms with van der Waals surface area (Å²) in [6.07, 6.45) is 1.40. The molecule has 0 bridgehead atoms. The molecule has 68 valence electrons. The molecule has 0 heterocycles. The average molecular weight is 309 g/mol. The number of benzene rings is 1. The predicted molar refractivity (Wildman–Crippen MR) is 54.3 cm³/mol. The molecule has 13 heavy (non-hydrogen) atoms. The molecule has 0 N–H and O–H groups in total. The lowest BCUT2D eigenvalue weighted by atomic mass is 10.2. The summed E-state index contributed by atoms with van der Waals surface area (Å²) in [5.41, 5.74) is 0.770. The summed E-state index contributed by atoms with van der Waals surface area (Å²) in [4.78, 5) is 13.5. The second-order valence-corrected chi connectivity index (χ2v) is 3.98. The fourth-order valence-electron chi connectivity index (χ4n) is 0.823. The van der Waals surface area contributed by atoms with Gasteiger partial charge < -0.3 is 0 Å². The summed E-state index contributed by atoms with van der Waals surface area (Å²) in [5.74, 6) is -0.358. The van der Waals surface area contributed by atoms with E-state index in [0.29, 0.717) is 20.2 Å². The first-order chi connectivity index (χ1) is 6.07. The summed E-state index contributed by atoms with van der Waals surface area (Å²) < 4.78 is 13.9. The molecular formula is C8H4Br2FNO. The van der Waals surface area contributed by atoms with Gasteiger partial charge >= 0.3 is 0 Å². The van der Waals surface area contributed by atoms with Gasteiger partial charge in [-0.1, -0.05) is 0 Å². The zero-order valence-corrected chi connectivity index (χ0v) is 9.74. The minimum atomic E-state index is -0.358. The highest BCUT2D eigenvalue weighted by molar-refractivity contribution is 9.11. The molecule has 5 heteroatoms. The Morgan fingerprint density at radius 2 is 2.15 bits per heavy atom. The molecule has 0 amide bonds. The van der Waals surface area contributed by atoms with Crippen molar-refractivity contribution in [1.29, 1.82) is 0 Å². The van der Waals surface area contributed by atoms with E-state index in [9.17, 15) is 9.18 Å². The van der Waals surface area contributed by atoms with Gasteiger partial charge in [0.25, 0.3) is 0 Å². The Bertz CT molecular complexity index is 400. The molecule has 0 aliphatic rings. The van der Waals surface area contributed by atoms with Crippen molar-refractivity contribution in [3.63, 3.8) is 0 Å². The van der Waals surface area contributed by atoms with Crippen LogP contribution in [0.5, 0.6) is 0 Å². The first-order valence-corrected chi connectivity index (χ1v) is 4.88. The van der Waals surface area contributed by atoms with Crippen LogP contribution in [0.15, 0.2) is 20.0 Å². The highest BCUT2D eigenvalue weighted by Gasteiger charge is 2.11. The van der Waals surface area contributed by atoms with E-state index in [1.54, 1.807) is 6.92 Å². The SMILES string of the molecule is Cc1c(F)cc(Br)c(N=C=O)c1Br. The van der Waals surface area contributed by atoms with E-state index in [1.165, 1.54) is 12.1 Å². The van der Waals surface area contributed by atoms with Gasteiger partial charge in [-0.25, -0.2) is 9.18 Å². The van der Waals surface area contributed by atoms with Crippen LogP contribution < -0.4 is 0 Å². The minimum Gasteiger partial charge on any atom is -0.211 e. The summed E-state index contributed by atoms with van der Waals surface area (Å²) in [5, 5.41) is 0. The highest BCUT2D eigenvalue weighted by Crippen LogP contribution is 2.36. The molecular weight excluding hydrogens is 305 g/mol. The second-order valence-electron chi connectivity index (χ2n) is 2.33. The summed E-state index contributed by atoms with van der Waals surface area (Å²) in [6.45, 7) is 1.59. The number of isocyanates is 1. The Balaban J connectivity index is 3.52. The van der Waals surface area contributed by atoms with Gasteiger partial charge in [0, 0.05) is 10.0 Å². The standard InChI is InChI=1S/C8H4Br2FNO/c1-4-6(11)2-5(9)8(7(4)10)12-3-13/h2H,1H3. The lowest BCUT2D eigenvalue weighted by Crippen LogP contribution is -1.85. The van der Waals surface area contributed by atoms with Gasteiger partial charge in [-0.15, -0.1) is 0 Å². The third-order valence-corrected chi connectivity index (χ3v) is 3.11. The maximum Gasteiger partial charge on any atom is 0.240 e. The Labute approximate surface area is 91.1 Å². The fraction of sp³-hybridized carbons (Fsp3) is 0.125. The van der Waals surface area contributed by atoms with Gasteiger partial charge in [0.2, 0.25) is 6.08 Å². The molecule has 1 aromatic rings. The molecule has 1 rings (SSSR count). The highest BCUT2D eigenvalue weighted by atomic mass is 79.9. The zero-order chi connectivity index (χ0) is 10.0. The van der Waals surface area contributed by atoms with Gasteiger partial charge in [0.1, 0.15) is 11.5 Å². The number of halogens is 3. The van der Waals surface area contributed by atoms with Crippen LogP contribution in [-0.4, -0.2) is 6.08 Å². The van der Waals surface area contributed by atoms with Crippen molar-refractivity contribution in [1.82, 2.24) is 0 Å². The maximum atomic E-state index is 13.1. The third kappa shape index (κ3) is 2.05. The molecule has 0 radical (unpaired) electrons. The molecule has 0 aliphatic heterocycles. The van der Waals surface area contributed by atoms with Gasteiger partial charge in [0.05, 0.1) is 4.47 Å². The number of aliphatic imine (C=N–C) groups is 1. The lowest BCUT2D eigenvalue weighted by Gasteiger charge is -2.04. The van der Waals surface area contributed by atoms with Crippen molar-refractivity contribution in [2.75, 3.05) is 0 Å². The van der Waals surface area contributed by atoms with Crippen LogP contribution >= 0.6 is 31.9 Å². The smallest absolute Gasteiger partial charge is 0.211 e. The summed E-state index contributed by atoms with van der Waals surface area (Å²) in [6, 6.07) is 1.26. The number of carbonyl (C=O) groups excluding carboxylic acids is 1. The van der Waals surface area contributed by atoms with Crippen LogP contribution in [0, 0.1) is 12.7 Å². The van der Waals surface area contributed by atoms with Crippen molar-refractivity contribution in [3.05, 3.63) is 26.4 Å². The molecule has 0 unspecified atom stereocenters. The predicted octanol–water partition coefficient (Wildman–Crippen LogP) is 3.63. The van der Waals surface area contributed by atoms with E-state index in [-0.39, 0.29) is 5.82 Å². The fourth-order valence-corrected chi connectivity index (χ4v) is 2.07. The van der Waals surface area contributed by atoms with Crippen molar-refractivity contribution >= 4 is 43.6 Å². The van der Waals surface area contributed by atoms with Crippen LogP contribution in [0.25, 0.3) is 0 Å². The molecule has 0 aromatic heterocycles. The second kappa shape index (κ2) is 4.13. The van der Waals surface area contributed by atoms with Crippen molar-refractivity contribution in [2.45, 2.75) is 6.92 Å². The van der Waals surface area contributed by atoms with E-state index in [4.69, 9.17) is 0 Å². The third-order valence-electron chi connectivity index (χ3n) is 1.53. The largest absolute Gasteiger partial charge is 0.240 e. The van der Waals surface area contributed by atoms with E-state index >= 15 is 0 Å². The van der Waals surface area contributed by atoms with E-state index in [0.717, 1.165) is 0 Å². The maximum absolute atomic E-state index is 13.1. The van der Waals surface area contributed by atoms with Crippen molar-refractivity contribution in [2.24, 2.45) is 4.99 Å². The molecule has 0 fully saturated rings. The molecule has 0 spiro atoms. The van der Waals surface area contributed by atoms with Gasteiger partial charge in [-0.3, -0.25) is 0 Å². The molecule has 2 nitrogen and oxygen atoms in total. The quantitative estimate of drug-likeness (QED) is 0.575. The molecule has 0 aliphatic carbocycles. The van der Waals surface area contributed by atoms with Crippen molar-refractivity contribution in [3.8, 4) is 0 Å². The molecule has 0 saturated carbocycles. The van der Waals surface area contributed by atoms with E-state index in [2.05, 4.69) is 36.9 Å². The van der Waals surface area contributed by atoms with Gasteiger partial charge in [-0.05, 0) is 44.8 Å².